The maximum atomic E-state index is 13.8. The third-order valence-electron chi connectivity index (χ3n) is 6.04. The minimum atomic E-state index is -0.653. The SMILES string of the molecule is COc1ccc(CCC(=O)N(Cc2ccccc2)[C@H](Cc2ccccc2)C(=O)NC(C)(C)C)cc1OC. The van der Waals surface area contributed by atoms with E-state index in [1.807, 2.05) is 99.6 Å². The highest BCUT2D eigenvalue weighted by Gasteiger charge is 2.32. The van der Waals surface area contributed by atoms with Crippen molar-refractivity contribution in [2.75, 3.05) is 14.2 Å². The van der Waals surface area contributed by atoms with Crippen LogP contribution in [0.25, 0.3) is 0 Å². The minimum Gasteiger partial charge on any atom is -0.493 e. The fourth-order valence-corrected chi connectivity index (χ4v) is 4.22. The van der Waals surface area contributed by atoms with Gasteiger partial charge in [-0.3, -0.25) is 9.59 Å². The molecule has 1 atom stereocenters. The number of nitrogens with zero attached hydrogens (tertiary/aromatic N) is 1. The number of hydrogen-bond acceptors (Lipinski definition) is 4. The second kappa shape index (κ2) is 12.9. The number of aryl methyl sites for hydroxylation is 1. The van der Waals surface area contributed by atoms with Crippen LogP contribution in [0.15, 0.2) is 78.9 Å². The van der Waals surface area contributed by atoms with E-state index in [0.717, 1.165) is 16.7 Å². The topological polar surface area (TPSA) is 67.9 Å². The molecule has 0 aliphatic carbocycles. The van der Waals surface area contributed by atoms with Crippen molar-refractivity contribution in [2.24, 2.45) is 0 Å². The molecule has 2 amide bonds. The van der Waals surface area contributed by atoms with Crippen LogP contribution in [-0.4, -0.2) is 42.5 Å². The zero-order valence-corrected chi connectivity index (χ0v) is 22.5. The van der Waals surface area contributed by atoms with Crippen molar-refractivity contribution in [3.63, 3.8) is 0 Å². The van der Waals surface area contributed by atoms with Gasteiger partial charge in [-0.05, 0) is 56.0 Å². The fourth-order valence-electron chi connectivity index (χ4n) is 4.22. The quantitative estimate of drug-likeness (QED) is 0.392. The fraction of sp³-hybridized carbons (Fsp3) is 0.355. The van der Waals surface area contributed by atoms with E-state index >= 15 is 0 Å². The third kappa shape index (κ3) is 8.38. The summed E-state index contributed by atoms with van der Waals surface area (Å²) in [5.74, 6) is 1.03. The van der Waals surface area contributed by atoms with Gasteiger partial charge in [0.25, 0.3) is 0 Å². The van der Waals surface area contributed by atoms with Gasteiger partial charge in [0.1, 0.15) is 6.04 Å². The van der Waals surface area contributed by atoms with Crippen LogP contribution in [0.2, 0.25) is 0 Å². The summed E-state index contributed by atoms with van der Waals surface area (Å²) >= 11 is 0. The Bertz CT molecular complexity index is 1160. The molecule has 0 bridgehead atoms. The van der Waals surface area contributed by atoms with Gasteiger partial charge in [-0.1, -0.05) is 66.7 Å². The van der Waals surface area contributed by atoms with E-state index in [2.05, 4.69) is 5.32 Å². The standard InChI is InChI=1S/C31H38N2O4/c1-31(2,3)32-30(35)26(20-23-12-8-6-9-13-23)33(22-25-14-10-7-11-15-25)29(34)19-17-24-16-18-27(36-4)28(21-24)37-5/h6-16,18,21,26H,17,19-20,22H2,1-5H3,(H,32,35)/t26-/m1/s1. The number of rotatable bonds is 11. The Morgan fingerprint density at radius 1 is 0.811 bits per heavy atom. The molecule has 6 nitrogen and oxygen atoms in total. The maximum Gasteiger partial charge on any atom is 0.243 e. The molecule has 196 valence electrons. The number of carbonyl (C=O) groups excluding carboxylic acids is 2. The number of amides is 2. The van der Waals surface area contributed by atoms with Crippen molar-refractivity contribution in [3.8, 4) is 11.5 Å². The van der Waals surface area contributed by atoms with Crippen LogP contribution >= 0.6 is 0 Å². The van der Waals surface area contributed by atoms with E-state index in [1.54, 1.807) is 19.1 Å². The summed E-state index contributed by atoms with van der Waals surface area (Å²) in [5.41, 5.74) is 2.52. The Labute approximate surface area is 220 Å². The molecule has 0 heterocycles. The number of ether oxygens (including phenoxy) is 2. The highest BCUT2D eigenvalue weighted by atomic mass is 16.5. The Kier molecular flexibility index (Phi) is 9.72. The van der Waals surface area contributed by atoms with E-state index in [0.29, 0.717) is 30.9 Å². The smallest absolute Gasteiger partial charge is 0.243 e. The summed E-state index contributed by atoms with van der Waals surface area (Å²) in [6.07, 6.45) is 1.21. The van der Waals surface area contributed by atoms with Crippen molar-refractivity contribution >= 4 is 11.8 Å². The molecule has 0 aliphatic heterocycles. The molecule has 0 fully saturated rings. The molecule has 0 saturated heterocycles. The van der Waals surface area contributed by atoms with Crippen molar-refractivity contribution in [1.29, 1.82) is 0 Å². The van der Waals surface area contributed by atoms with Gasteiger partial charge < -0.3 is 19.7 Å². The molecule has 0 spiro atoms. The number of benzene rings is 3. The van der Waals surface area contributed by atoms with E-state index < -0.39 is 11.6 Å². The van der Waals surface area contributed by atoms with Crippen molar-refractivity contribution in [2.45, 2.75) is 58.2 Å². The molecule has 0 unspecified atom stereocenters. The Balaban J connectivity index is 1.90. The summed E-state index contributed by atoms with van der Waals surface area (Å²) in [6, 6.07) is 24.7. The molecule has 0 aromatic heterocycles. The minimum absolute atomic E-state index is 0.0800. The van der Waals surface area contributed by atoms with Crippen LogP contribution in [-0.2, 0) is 29.0 Å². The first-order chi connectivity index (χ1) is 17.7. The molecule has 0 aliphatic rings. The highest BCUT2D eigenvalue weighted by molar-refractivity contribution is 5.88. The second-order valence-electron chi connectivity index (χ2n) is 10.1. The summed E-state index contributed by atoms with van der Waals surface area (Å²) in [6.45, 7) is 6.20. The molecule has 3 rings (SSSR count). The van der Waals surface area contributed by atoms with Crippen molar-refractivity contribution in [3.05, 3.63) is 95.6 Å². The Morgan fingerprint density at radius 3 is 1.97 bits per heavy atom. The van der Waals surface area contributed by atoms with Crippen molar-refractivity contribution in [1.82, 2.24) is 10.2 Å². The van der Waals surface area contributed by atoms with E-state index in [-0.39, 0.29) is 18.2 Å². The molecular formula is C31H38N2O4. The van der Waals surface area contributed by atoms with Gasteiger partial charge >= 0.3 is 0 Å². The summed E-state index contributed by atoms with van der Waals surface area (Å²) in [7, 11) is 3.19. The van der Waals surface area contributed by atoms with Gasteiger partial charge in [0, 0.05) is 24.9 Å². The average Bonchev–Trinajstić information content (AvgIpc) is 2.89. The van der Waals surface area contributed by atoms with Gasteiger partial charge in [-0.25, -0.2) is 0 Å². The molecular weight excluding hydrogens is 464 g/mol. The third-order valence-corrected chi connectivity index (χ3v) is 6.04. The van der Waals surface area contributed by atoms with Crippen LogP contribution in [0.5, 0.6) is 11.5 Å². The largest absolute Gasteiger partial charge is 0.493 e. The Hall–Kier alpha value is -3.80. The molecule has 6 heteroatoms. The first kappa shape index (κ1) is 27.8. The first-order valence-electron chi connectivity index (χ1n) is 12.6. The lowest BCUT2D eigenvalue weighted by Crippen LogP contribution is -2.54. The van der Waals surface area contributed by atoms with Crippen LogP contribution in [0.4, 0.5) is 0 Å². The number of methoxy groups -OCH3 is 2. The zero-order valence-electron chi connectivity index (χ0n) is 22.5. The van der Waals surface area contributed by atoms with Crippen molar-refractivity contribution < 1.29 is 19.1 Å². The Morgan fingerprint density at radius 2 is 1.41 bits per heavy atom. The van der Waals surface area contributed by atoms with Crippen LogP contribution in [0.3, 0.4) is 0 Å². The first-order valence-corrected chi connectivity index (χ1v) is 12.6. The summed E-state index contributed by atoms with van der Waals surface area (Å²) in [4.78, 5) is 29.1. The monoisotopic (exact) mass is 502 g/mol. The summed E-state index contributed by atoms with van der Waals surface area (Å²) < 4.78 is 10.8. The van der Waals surface area contributed by atoms with Crippen LogP contribution in [0, 0.1) is 0 Å². The molecule has 3 aromatic rings. The van der Waals surface area contributed by atoms with Gasteiger partial charge in [0.15, 0.2) is 11.5 Å². The van der Waals surface area contributed by atoms with Gasteiger partial charge in [0.2, 0.25) is 11.8 Å². The number of hydrogen-bond donors (Lipinski definition) is 1. The van der Waals surface area contributed by atoms with E-state index in [1.165, 1.54) is 0 Å². The maximum absolute atomic E-state index is 13.8. The number of nitrogens with one attached hydrogen (secondary N) is 1. The molecule has 1 N–H and O–H groups in total. The predicted molar refractivity (Wildman–Crippen MR) is 147 cm³/mol. The summed E-state index contributed by atoms with van der Waals surface area (Å²) in [5, 5.41) is 3.10. The van der Waals surface area contributed by atoms with Crippen LogP contribution in [0.1, 0.15) is 43.9 Å². The van der Waals surface area contributed by atoms with Gasteiger partial charge in [0.05, 0.1) is 14.2 Å². The second-order valence-corrected chi connectivity index (χ2v) is 10.1. The zero-order chi connectivity index (χ0) is 26.8. The average molecular weight is 503 g/mol. The lowest BCUT2D eigenvalue weighted by molar-refractivity contribution is -0.141. The van der Waals surface area contributed by atoms with E-state index in [9.17, 15) is 9.59 Å². The molecule has 37 heavy (non-hydrogen) atoms. The number of carbonyl (C=O) groups is 2. The lowest BCUT2D eigenvalue weighted by Gasteiger charge is -2.34. The highest BCUT2D eigenvalue weighted by Crippen LogP contribution is 2.28. The predicted octanol–water partition coefficient (Wildman–Crippen LogP) is 5.19. The molecule has 0 saturated carbocycles. The lowest BCUT2D eigenvalue weighted by atomic mass is 9.99. The van der Waals surface area contributed by atoms with E-state index in [4.69, 9.17) is 9.47 Å². The van der Waals surface area contributed by atoms with Gasteiger partial charge in [-0.2, -0.15) is 0 Å². The van der Waals surface area contributed by atoms with Gasteiger partial charge in [-0.15, -0.1) is 0 Å². The molecule has 0 radical (unpaired) electrons. The molecule has 3 aromatic carbocycles. The van der Waals surface area contributed by atoms with Crippen LogP contribution < -0.4 is 14.8 Å². The normalized spacial score (nSPS) is 11.9.